The molecule has 0 fully saturated rings. The van der Waals surface area contributed by atoms with Gasteiger partial charge in [-0.1, -0.05) is 18.2 Å². The van der Waals surface area contributed by atoms with Crippen LogP contribution in [0.4, 0.5) is 5.69 Å². The number of carbonyl (C=O) groups is 2. The van der Waals surface area contributed by atoms with Gasteiger partial charge in [-0.2, -0.15) is 0 Å². The Morgan fingerprint density at radius 2 is 2.06 bits per heavy atom. The molecule has 1 N–H and O–H groups in total. The lowest BCUT2D eigenvalue weighted by Gasteiger charge is -2.16. The van der Waals surface area contributed by atoms with Gasteiger partial charge in [-0.05, 0) is 31.1 Å². The van der Waals surface area contributed by atoms with Crippen molar-refractivity contribution < 1.29 is 14.7 Å². The maximum Gasteiger partial charge on any atom is 0.328 e. The van der Waals surface area contributed by atoms with Crippen molar-refractivity contribution in [1.82, 2.24) is 0 Å². The van der Waals surface area contributed by atoms with E-state index in [0.717, 1.165) is 22.9 Å². The van der Waals surface area contributed by atoms with Crippen LogP contribution < -0.4 is 4.90 Å². The highest BCUT2D eigenvalue weighted by Gasteiger charge is 2.42. The van der Waals surface area contributed by atoms with Crippen LogP contribution in [0.5, 0.6) is 0 Å². The van der Waals surface area contributed by atoms with E-state index in [2.05, 4.69) is 0 Å². The third kappa shape index (κ3) is 1.70. The number of likely N-dealkylation sites (N-methyl/N-ethyl adjacent to an activating group) is 1. The van der Waals surface area contributed by atoms with E-state index in [9.17, 15) is 9.59 Å². The first-order chi connectivity index (χ1) is 8.35. The van der Waals surface area contributed by atoms with E-state index in [1.807, 2.05) is 32.0 Å². The Bertz CT molecular complexity index is 558. The smallest absolute Gasteiger partial charge is 0.328 e. The molecule has 1 amide bonds. The zero-order chi connectivity index (χ0) is 13.5. The molecule has 0 bridgehead atoms. The molecule has 0 spiro atoms. The summed E-state index contributed by atoms with van der Waals surface area (Å²) in [5.41, 5.74) is 1.92. The summed E-state index contributed by atoms with van der Waals surface area (Å²) < 4.78 is 0. The fourth-order valence-electron chi connectivity index (χ4n) is 2.37. The van der Waals surface area contributed by atoms with Gasteiger partial charge in [0.1, 0.15) is 0 Å². The van der Waals surface area contributed by atoms with Gasteiger partial charge in [-0.15, -0.1) is 0 Å². The van der Waals surface area contributed by atoms with Crippen LogP contribution in [0.2, 0.25) is 0 Å². The number of aliphatic carboxylic acids is 1. The summed E-state index contributed by atoms with van der Waals surface area (Å²) in [6.07, 6.45) is 2.60. The highest BCUT2D eigenvalue weighted by Crippen LogP contribution is 2.42. The summed E-state index contributed by atoms with van der Waals surface area (Å²) in [7, 11) is 1.72. The fourth-order valence-corrected chi connectivity index (χ4v) is 2.37. The third-order valence-corrected chi connectivity index (χ3v) is 3.32. The molecule has 0 aliphatic carbocycles. The zero-order valence-corrected chi connectivity index (χ0v) is 10.6. The molecule has 0 atom stereocenters. The number of carbonyl (C=O) groups excluding carboxylic acids is 1. The highest BCUT2D eigenvalue weighted by atomic mass is 16.4. The van der Waals surface area contributed by atoms with Crippen LogP contribution >= 0.6 is 0 Å². The topological polar surface area (TPSA) is 57.6 Å². The molecule has 94 valence electrons. The number of rotatable bonds is 2. The first kappa shape index (κ1) is 12.4. The molecule has 4 nitrogen and oxygen atoms in total. The molecule has 4 heteroatoms. The Balaban J connectivity index is 2.60. The van der Waals surface area contributed by atoms with Gasteiger partial charge in [0, 0.05) is 13.1 Å². The van der Waals surface area contributed by atoms with E-state index in [1.54, 1.807) is 11.9 Å². The molecule has 0 unspecified atom stereocenters. The predicted octanol–water partition coefficient (Wildman–Crippen LogP) is 2.04. The van der Waals surface area contributed by atoms with E-state index >= 15 is 0 Å². The van der Waals surface area contributed by atoms with Gasteiger partial charge in [-0.25, -0.2) is 4.79 Å². The number of nitrogens with zero attached hydrogens (tertiary/aromatic N) is 1. The van der Waals surface area contributed by atoms with E-state index in [0.29, 0.717) is 0 Å². The van der Waals surface area contributed by atoms with Gasteiger partial charge in [0.05, 0.1) is 11.1 Å². The van der Waals surface area contributed by atoms with E-state index in [1.165, 1.54) is 6.08 Å². The van der Waals surface area contributed by atoms with Crippen molar-refractivity contribution in [3.8, 4) is 0 Å². The Morgan fingerprint density at radius 1 is 1.39 bits per heavy atom. The van der Waals surface area contributed by atoms with Crippen molar-refractivity contribution in [3.63, 3.8) is 0 Å². The Hall–Kier alpha value is -2.10. The van der Waals surface area contributed by atoms with Gasteiger partial charge in [0.2, 0.25) is 5.91 Å². The van der Waals surface area contributed by atoms with Crippen LogP contribution in [-0.2, 0) is 15.0 Å². The average Bonchev–Trinajstić information content (AvgIpc) is 2.49. The molecule has 1 aliphatic heterocycles. The minimum absolute atomic E-state index is 0.0219. The van der Waals surface area contributed by atoms with Crippen molar-refractivity contribution >= 4 is 23.6 Å². The van der Waals surface area contributed by atoms with Crippen LogP contribution in [0.15, 0.2) is 24.3 Å². The summed E-state index contributed by atoms with van der Waals surface area (Å²) in [6.45, 7) is 3.75. The average molecular weight is 245 g/mol. The summed E-state index contributed by atoms with van der Waals surface area (Å²) in [5.74, 6) is -0.979. The lowest BCUT2D eigenvalue weighted by atomic mass is 9.85. The van der Waals surface area contributed by atoms with E-state index in [4.69, 9.17) is 5.11 Å². The van der Waals surface area contributed by atoms with Crippen molar-refractivity contribution in [2.75, 3.05) is 11.9 Å². The largest absolute Gasteiger partial charge is 0.478 e. The van der Waals surface area contributed by atoms with Crippen molar-refractivity contribution in [2.24, 2.45) is 0 Å². The second-order valence-corrected chi connectivity index (χ2v) is 4.90. The standard InChI is InChI=1S/C14H15NO3/c1-14(2)10-6-4-5-9(7-8-11(16)17)12(10)15(3)13(14)18/h4-8H,1-3H3,(H,16,17)/b8-7+. The van der Waals surface area contributed by atoms with Gasteiger partial charge in [-0.3, -0.25) is 4.79 Å². The number of carboxylic acids is 1. The van der Waals surface area contributed by atoms with Crippen LogP contribution in [0.3, 0.4) is 0 Å². The molecular formula is C14H15NO3. The number of hydrogen-bond donors (Lipinski definition) is 1. The Labute approximate surface area is 106 Å². The second kappa shape index (κ2) is 3.98. The maximum absolute atomic E-state index is 12.2. The first-order valence-electron chi connectivity index (χ1n) is 5.68. The minimum atomic E-state index is -1.00. The van der Waals surface area contributed by atoms with E-state index < -0.39 is 11.4 Å². The number of anilines is 1. The molecule has 1 heterocycles. The molecule has 18 heavy (non-hydrogen) atoms. The molecule has 0 saturated carbocycles. The molecule has 1 aromatic carbocycles. The molecule has 1 aromatic rings. The number of para-hydroxylation sites is 1. The predicted molar refractivity (Wildman–Crippen MR) is 69.5 cm³/mol. The molecule has 0 aromatic heterocycles. The van der Waals surface area contributed by atoms with Crippen LogP contribution in [0, 0.1) is 0 Å². The monoisotopic (exact) mass is 245 g/mol. The lowest BCUT2D eigenvalue weighted by molar-refractivity contribution is -0.131. The Morgan fingerprint density at radius 3 is 2.67 bits per heavy atom. The molecule has 0 radical (unpaired) electrons. The van der Waals surface area contributed by atoms with Gasteiger partial charge in [0.15, 0.2) is 0 Å². The van der Waals surface area contributed by atoms with Crippen LogP contribution in [-0.4, -0.2) is 24.0 Å². The molecule has 0 saturated heterocycles. The van der Waals surface area contributed by atoms with Crippen molar-refractivity contribution in [1.29, 1.82) is 0 Å². The number of amides is 1. The quantitative estimate of drug-likeness (QED) is 0.811. The Kier molecular flexibility index (Phi) is 2.73. The van der Waals surface area contributed by atoms with Crippen molar-refractivity contribution in [3.05, 3.63) is 35.4 Å². The van der Waals surface area contributed by atoms with Gasteiger partial charge < -0.3 is 10.0 Å². The van der Waals surface area contributed by atoms with E-state index in [-0.39, 0.29) is 5.91 Å². The van der Waals surface area contributed by atoms with Crippen LogP contribution in [0.1, 0.15) is 25.0 Å². The lowest BCUT2D eigenvalue weighted by Crippen LogP contribution is -2.33. The normalized spacial score (nSPS) is 17.3. The zero-order valence-electron chi connectivity index (χ0n) is 10.6. The van der Waals surface area contributed by atoms with Crippen molar-refractivity contribution in [2.45, 2.75) is 19.3 Å². The highest BCUT2D eigenvalue weighted by molar-refractivity contribution is 6.09. The molecular weight excluding hydrogens is 230 g/mol. The number of fused-ring (bicyclic) bond motifs is 1. The number of carboxylic acid groups (broad SMARTS) is 1. The molecule has 2 rings (SSSR count). The van der Waals surface area contributed by atoms with Gasteiger partial charge in [0.25, 0.3) is 0 Å². The number of hydrogen-bond acceptors (Lipinski definition) is 2. The second-order valence-electron chi connectivity index (χ2n) is 4.90. The number of benzene rings is 1. The first-order valence-corrected chi connectivity index (χ1v) is 5.68. The molecule has 1 aliphatic rings. The summed E-state index contributed by atoms with van der Waals surface area (Å²) >= 11 is 0. The third-order valence-electron chi connectivity index (χ3n) is 3.32. The summed E-state index contributed by atoms with van der Waals surface area (Å²) in [6, 6.07) is 5.56. The minimum Gasteiger partial charge on any atom is -0.478 e. The maximum atomic E-state index is 12.2. The summed E-state index contributed by atoms with van der Waals surface area (Å²) in [4.78, 5) is 24.3. The van der Waals surface area contributed by atoms with Crippen LogP contribution in [0.25, 0.3) is 6.08 Å². The fraction of sp³-hybridized carbons (Fsp3) is 0.286. The van der Waals surface area contributed by atoms with Gasteiger partial charge >= 0.3 is 5.97 Å². The summed E-state index contributed by atoms with van der Waals surface area (Å²) in [5, 5.41) is 8.68. The SMILES string of the molecule is CN1C(=O)C(C)(C)c2cccc(/C=C/C(=O)O)c21.